The van der Waals surface area contributed by atoms with Crippen molar-refractivity contribution in [2.75, 3.05) is 6.61 Å². The lowest BCUT2D eigenvalue weighted by Gasteiger charge is -2.22. The van der Waals surface area contributed by atoms with E-state index in [1.54, 1.807) is 30.5 Å². The van der Waals surface area contributed by atoms with Crippen molar-refractivity contribution >= 4 is 50.6 Å². The van der Waals surface area contributed by atoms with E-state index in [2.05, 4.69) is 21.0 Å². The zero-order valence-corrected chi connectivity index (χ0v) is 19.5. The Morgan fingerprint density at radius 1 is 1.25 bits per heavy atom. The minimum absolute atomic E-state index is 0.178. The van der Waals surface area contributed by atoms with Crippen molar-refractivity contribution in [2.24, 2.45) is 5.10 Å². The third-order valence-electron chi connectivity index (χ3n) is 5.43. The molecule has 0 radical (unpaired) electrons. The average molecular weight is 519 g/mol. The highest BCUT2D eigenvalue weighted by atomic mass is 79.9. The highest BCUT2D eigenvalue weighted by Crippen LogP contribution is 2.32. The van der Waals surface area contributed by atoms with Crippen molar-refractivity contribution in [3.05, 3.63) is 67.6 Å². The molecule has 7 nitrogen and oxygen atoms in total. The van der Waals surface area contributed by atoms with E-state index >= 15 is 0 Å². The van der Waals surface area contributed by atoms with E-state index in [1.165, 1.54) is 11.1 Å². The number of hydrogen-bond donors (Lipinski definition) is 1. The number of benzene rings is 2. The molecule has 1 N–H and O–H groups in total. The lowest BCUT2D eigenvalue weighted by atomic mass is 9.88. The van der Waals surface area contributed by atoms with Crippen LogP contribution >= 0.6 is 27.5 Å². The Labute approximate surface area is 197 Å². The van der Waals surface area contributed by atoms with Gasteiger partial charge in [-0.25, -0.2) is 9.78 Å². The number of rotatable bonds is 6. The number of fused-ring (bicyclic) bond motifs is 1. The van der Waals surface area contributed by atoms with Gasteiger partial charge < -0.3 is 9.84 Å². The van der Waals surface area contributed by atoms with Gasteiger partial charge in [0.1, 0.15) is 11.6 Å². The first kappa shape index (κ1) is 22.5. The minimum atomic E-state index is -1.09. The fourth-order valence-corrected chi connectivity index (χ4v) is 4.49. The maximum absolute atomic E-state index is 13.3. The van der Waals surface area contributed by atoms with Crippen molar-refractivity contribution in [3.63, 3.8) is 0 Å². The van der Waals surface area contributed by atoms with Crippen LogP contribution in [0.1, 0.15) is 49.4 Å². The number of carbonyl (C=O) groups is 1. The number of halogens is 2. The van der Waals surface area contributed by atoms with Crippen molar-refractivity contribution < 1.29 is 14.6 Å². The second-order valence-corrected chi connectivity index (χ2v) is 9.02. The molecule has 0 spiro atoms. The summed E-state index contributed by atoms with van der Waals surface area (Å²) >= 11 is 9.63. The highest BCUT2D eigenvalue weighted by Gasteiger charge is 2.22. The summed E-state index contributed by atoms with van der Waals surface area (Å²) in [5.41, 5.74) is 1.09. The van der Waals surface area contributed by atoms with E-state index in [0.29, 0.717) is 22.3 Å². The molecule has 1 heterocycles. The summed E-state index contributed by atoms with van der Waals surface area (Å²) in [7, 11) is 0. The summed E-state index contributed by atoms with van der Waals surface area (Å²) in [5.74, 6) is 0.0329. The Balaban J connectivity index is 1.73. The molecule has 0 atom stereocenters. The molecular formula is C23H21BrClN3O4. The molecule has 1 aromatic heterocycles. The van der Waals surface area contributed by atoms with Gasteiger partial charge in [0.25, 0.3) is 5.56 Å². The zero-order chi connectivity index (χ0) is 22.7. The number of aliphatic carboxylic acids is 1. The van der Waals surface area contributed by atoms with Gasteiger partial charge in [-0.2, -0.15) is 9.78 Å². The molecule has 1 aliphatic carbocycles. The zero-order valence-electron chi connectivity index (χ0n) is 17.1. The molecule has 0 unspecified atom stereocenters. The standard InChI is InChI=1S/C23H21BrClN3O4/c24-16-7-8-19-17(11-16)23(31)28(22(27-19)15-4-2-1-3-5-15)26-12-14-6-9-20(18(25)10-14)32-13-21(29)30/h6-12,15H,1-5,13H2,(H,29,30). The van der Waals surface area contributed by atoms with Crippen LogP contribution < -0.4 is 10.3 Å². The van der Waals surface area contributed by atoms with Gasteiger partial charge in [0, 0.05) is 10.4 Å². The van der Waals surface area contributed by atoms with Crippen molar-refractivity contribution in [3.8, 4) is 5.75 Å². The summed E-state index contributed by atoms with van der Waals surface area (Å²) in [4.78, 5) is 28.8. The average Bonchev–Trinajstić information content (AvgIpc) is 2.78. The molecule has 0 bridgehead atoms. The van der Waals surface area contributed by atoms with Gasteiger partial charge in [-0.1, -0.05) is 46.8 Å². The maximum atomic E-state index is 13.3. The predicted octanol–water partition coefficient (Wildman–Crippen LogP) is 5.21. The van der Waals surface area contributed by atoms with Crippen molar-refractivity contribution in [1.29, 1.82) is 0 Å². The van der Waals surface area contributed by atoms with Gasteiger partial charge in [0.15, 0.2) is 6.61 Å². The number of nitrogens with zero attached hydrogens (tertiary/aromatic N) is 3. The van der Waals surface area contributed by atoms with Crippen LogP contribution in [0.5, 0.6) is 5.75 Å². The number of aromatic nitrogens is 2. The van der Waals surface area contributed by atoms with E-state index in [4.69, 9.17) is 26.4 Å². The lowest BCUT2D eigenvalue weighted by Crippen LogP contribution is -2.25. The maximum Gasteiger partial charge on any atom is 0.341 e. The van der Waals surface area contributed by atoms with Gasteiger partial charge in [-0.05, 0) is 54.8 Å². The van der Waals surface area contributed by atoms with Gasteiger partial charge >= 0.3 is 5.97 Å². The molecule has 2 aromatic carbocycles. The third kappa shape index (κ3) is 5.02. The van der Waals surface area contributed by atoms with Crippen LogP contribution in [0.3, 0.4) is 0 Å². The Hall–Kier alpha value is -2.71. The molecule has 1 saturated carbocycles. The summed E-state index contributed by atoms with van der Waals surface area (Å²) in [6, 6.07) is 10.4. The lowest BCUT2D eigenvalue weighted by molar-refractivity contribution is -0.139. The Morgan fingerprint density at radius 2 is 2.03 bits per heavy atom. The number of ether oxygens (including phenoxy) is 1. The first-order valence-corrected chi connectivity index (χ1v) is 11.5. The molecule has 4 rings (SSSR count). The molecule has 0 aliphatic heterocycles. The van der Waals surface area contributed by atoms with Crippen molar-refractivity contribution in [1.82, 2.24) is 9.66 Å². The predicted molar refractivity (Wildman–Crippen MR) is 127 cm³/mol. The normalized spacial score (nSPS) is 14.8. The molecule has 166 valence electrons. The molecular weight excluding hydrogens is 498 g/mol. The van der Waals surface area contributed by atoms with Crippen LogP contribution in [-0.2, 0) is 4.79 Å². The van der Waals surface area contributed by atoms with Crippen LogP contribution in [0.25, 0.3) is 10.9 Å². The van der Waals surface area contributed by atoms with E-state index in [1.807, 2.05) is 12.1 Å². The van der Waals surface area contributed by atoms with Crippen LogP contribution in [0, 0.1) is 0 Å². The Morgan fingerprint density at radius 3 is 2.75 bits per heavy atom. The summed E-state index contributed by atoms with van der Waals surface area (Å²) < 4.78 is 7.34. The van der Waals surface area contributed by atoms with Crippen LogP contribution in [0.2, 0.25) is 5.02 Å². The highest BCUT2D eigenvalue weighted by molar-refractivity contribution is 9.10. The van der Waals surface area contributed by atoms with E-state index in [9.17, 15) is 9.59 Å². The monoisotopic (exact) mass is 517 g/mol. The number of hydrogen-bond acceptors (Lipinski definition) is 5. The van der Waals surface area contributed by atoms with Crippen LogP contribution in [0.15, 0.2) is 50.8 Å². The Bertz CT molecular complexity index is 1250. The molecule has 32 heavy (non-hydrogen) atoms. The fraction of sp³-hybridized carbons (Fsp3) is 0.304. The van der Waals surface area contributed by atoms with E-state index in [-0.39, 0.29) is 22.2 Å². The Kier molecular flexibility index (Phi) is 6.91. The topological polar surface area (TPSA) is 93.8 Å². The number of carboxylic acids is 1. The summed E-state index contributed by atoms with van der Waals surface area (Å²) in [6.45, 7) is -0.481. The van der Waals surface area contributed by atoms with Gasteiger partial charge in [-0.3, -0.25) is 4.79 Å². The second kappa shape index (κ2) is 9.83. The van der Waals surface area contributed by atoms with E-state index in [0.717, 1.165) is 30.2 Å². The number of carboxylic acid groups (broad SMARTS) is 1. The quantitative estimate of drug-likeness (QED) is 0.452. The molecule has 0 saturated heterocycles. The first-order chi connectivity index (χ1) is 15.4. The van der Waals surface area contributed by atoms with Gasteiger partial charge in [-0.15, -0.1) is 0 Å². The third-order valence-corrected chi connectivity index (χ3v) is 6.22. The smallest absolute Gasteiger partial charge is 0.341 e. The van der Waals surface area contributed by atoms with Crippen LogP contribution in [-0.4, -0.2) is 33.6 Å². The molecule has 9 heteroatoms. The SMILES string of the molecule is O=C(O)COc1ccc(C=Nn2c(C3CCCCC3)nc3ccc(Br)cc3c2=O)cc1Cl. The minimum Gasteiger partial charge on any atom is -0.480 e. The fourth-order valence-electron chi connectivity index (χ4n) is 3.88. The van der Waals surface area contributed by atoms with Crippen LogP contribution in [0.4, 0.5) is 0 Å². The summed E-state index contributed by atoms with van der Waals surface area (Å²) in [6.07, 6.45) is 6.91. The molecule has 3 aromatic rings. The van der Waals surface area contributed by atoms with Gasteiger partial charge in [0.05, 0.1) is 22.1 Å². The van der Waals surface area contributed by atoms with E-state index < -0.39 is 12.6 Å². The molecule has 0 amide bonds. The van der Waals surface area contributed by atoms with Crippen molar-refractivity contribution in [2.45, 2.75) is 38.0 Å². The molecule has 1 aliphatic rings. The summed E-state index contributed by atoms with van der Waals surface area (Å²) in [5, 5.41) is 14.0. The second-order valence-electron chi connectivity index (χ2n) is 7.70. The molecule has 1 fully saturated rings. The first-order valence-electron chi connectivity index (χ1n) is 10.3. The van der Waals surface area contributed by atoms with Gasteiger partial charge in [0.2, 0.25) is 0 Å². The largest absolute Gasteiger partial charge is 0.480 e.